The van der Waals surface area contributed by atoms with Gasteiger partial charge >= 0.3 is 0 Å². The maximum atomic E-state index is 14.7. The lowest BCUT2D eigenvalue weighted by Crippen LogP contribution is -2.56. The van der Waals surface area contributed by atoms with E-state index < -0.39 is 5.54 Å². The number of aromatic nitrogens is 3. The maximum Gasteiger partial charge on any atom is 0.143 e. The second-order valence-corrected chi connectivity index (χ2v) is 10.2. The lowest BCUT2D eigenvalue weighted by atomic mass is 9.73. The number of nitrogens with one attached hydrogen (secondary N) is 1. The van der Waals surface area contributed by atoms with Crippen molar-refractivity contribution >= 4 is 46.0 Å². The summed E-state index contributed by atoms with van der Waals surface area (Å²) in [5.41, 5.74) is 7.75. The average molecular weight is 509 g/mol. The standard InChI is InChI=1S/C26H26ClFN6S/c1-16-15-34(14-12-26(16,30-2)17-5-3-4-6-18(17)28)22-9-7-20-19(32-22)8-10-23(33-20)35-21-11-13-31-25(29)24(21)27/h3-11,13,16,30H,12,14-15H2,1-2H3,(H2,29,31). The SMILES string of the molecule is CNC1(c2ccccc2F)CCN(c2ccc3nc(Sc4ccnc(N)c4Cl)ccc3n2)CC1C. The average Bonchev–Trinajstić information content (AvgIpc) is 2.87. The van der Waals surface area contributed by atoms with Crippen molar-refractivity contribution < 1.29 is 4.39 Å². The third-order valence-corrected chi connectivity index (χ3v) is 8.34. The van der Waals surface area contributed by atoms with E-state index >= 15 is 0 Å². The molecule has 1 aliphatic rings. The number of rotatable bonds is 5. The van der Waals surface area contributed by atoms with Crippen LogP contribution in [0.15, 0.2) is 70.7 Å². The van der Waals surface area contributed by atoms with Gasteiger partial charge in [-0.25, -0.2) is 19.3 Å². The minimum absolute atomic E-state index is 0.165. The molecule has 3 aromatic heterocycles. The highest BCUT2D eigenvalue weighted by atomic mass is 35.5. The molecule has 0 spiro atoms. The number of halogens is 2. The van der Waals surface area contributed by atoms with Gasteiger partial charge in [0.25, 0.3) is 0 Å². The minimum Gasteiger partial charge on any atom is -0.382 e. The van der Waals surface area contributed by atoms with Crippen LogP contribution in [0.3, 0.4) is 0 Å². The van der Waals surface area contributed by atoms with Gasteiger partial charge in [0, 0.05) is 29.7 Å². The van der Waals surface area contributed by atoms with Gasteiger partial charge in [0.2, 0.25) is 0 Å². The zero-order chi connectivity index (χ0) is 24.6. The van der Waals surface area contributed by atoms with Crippen LogP contribution in [0.25, 0.3) is 11.0 Å². The second kappa shape index (κ2) is 9.60. The summed E-state index contributed by atoms with van der Waals surface area (Å²) in [6, 6.07) is 16.8. The molecule has 0 aliphatic carbocycles. The molecule has 1 aromatic carbocycles. The van der Waals surface area contributed by atoms with Crippen molar-refractivity contribution in [2.24, 2.45) is 5.92 Å². The van der Waals surface area contributed by atoms with Crippen molar-refractivity contribution in [1.29, 1.82) is 0 Å². The lowest BCUT2D eigenvalue weighted by Gasteiger charge is -2.47. The Bertz CT molecular complexity index is 1390. The van der Waals surface area contributed by atoms with Gasteiger partial charge in [-0.2, -0.15) is 0 Å². The van der Waals surface area contributed by atoms with Gasteiger partial charge in [0.05, 0.1) is 21.6 Å². The number of nitrogen functional groups attached to an aromatic ring is 1. The topological polar surface area (TPSA) is 80.0 Å². The lowest BCUT2D eigenvalue weighted by molar-refractivity contribution is 0.190. The van der Waals surface area contributed by atoms with Crippen LogP contribution < -0.4 is 16.0 Å². The number of piperidine rings is 1. The summed E-state index contributed by atoms with van der Waals surface area (Å²) in [4.78, 5) is 16.7. The summed E-state index contributed by atoms with van der Waals surface area (Å²) in [7, 11) is 1.92. The zero-order valence-corrected chi connectivity index (χ0v) is 21.1. The third-order valence-electron chi connectivity index (χ3n) is 6.83. The Hall–Kier alpha value is -2.94. The van der Waals surface area contributed by atoms with Crippen LogP contribution in [0.5, 0.6) is 0 Å². The maximum absolute atomic E-state index is 14.7. The number of fused-ring (bicyclic) bond motifs is 1. The number of hydrogen-bond donors (Lipinski definition) is 2. The third kappa shape index (κ3) is 4.42. The Morgan fingerprint density at radius 2 is 1.89 bits per heavy atom. The van der Waals surface area contributed by atoms with E-state index in [1.54, 1.807) is 12.3 Å². The molecule has 1 saturated heterocycles. The Kier molecular flexibility index (Phi) is 6.53. The highest BCUT2D eigenvalue weighted by molar-refractivity contribution is 7.99. The Labute approximate surface area is 213 Å². The quantitative estimate of drug-likeness (QED) is 0.368. The Balaban J connectivity index is 1.37. The fraction of sp³-hybridized carbons (Fsp3) is 0.269. The van der Waals surface area contributed by atoms with Crippen LogP contribution in [0.1, 0.15) is 18.9 Å². The van der Waals surface area contributed by atoms with Crippen LogP contribution in [0, 0.1) is 11.7 Å². The predicted octanol–water partition coefficient (Wildman–Crippen LogP) is 5.51. The van der Waals surface area contributed by atoms with Gasteiger partial charge in [0.1, 0.15) is 22.5 Å². The van der Waals surface area contributed by atoms with Crippen molar-refractivity contribution in [2.75, 3.05) is 30.8 Å². The molecule has 2 unspecified atom stereocenters. The second-order valence-electron chi connectivity index (χ2n) is 8.77. The molecule has 0 amide bonds. The highest BCUT2D eigenvalue weighted by Crippen LogP contribution is 2.40. The summed E-state index contributed by atoms with van der Waals surface area (Å²) in [6.45, 7) is 3.69. The number of benzene rings is 1. The van der Waals surface area contributed by atoms with Gasteiger partial charge in [-0.05, 0) is 55.8 Å². The summed E-state index contributed by atoms with van der Waals surface area (Å²) in [5.74, 6) is 1.21. The van der Waals surface area contributed by atoms with Gasteiger partial charge in [-0.3, -0.25) is 0 Å². The fourth-order valence-electron chi connectivity index (χ4n) is 4.92. The molecular formula is C26H26ClFN6S. The fourth-order valence-corrected chi connectivity index (χ4v) is 5.97. The predicted molar refractivity (Wildman–Crippen MR) is 140 cm³/mol. The summed E-state index contributed by atoms with van der Waals surface area (Å²) < 4.78 is 14.7. The number of anilines is 2. The van der Waals surface area contributed by atoms with Gasteiger partial charge < -0.3 is 16.0 Å². The molecule has 5 rings (SSSR count). The Morgan fingerprint density at radius 3 is 2.66 bits per heavy atom. The van der Waals surface area contributed by atoms with Crippen molar-refractivity contribution in [3.63, 3.8) is 0 Å². The van der Waals surface area contributed by atoms with Crippen LogP contribution in [-0.4, -0.2) is 35.1 Å². The molecule has 4 heterocycles. The smallest absolute Gasteiger partial charge is 0.143 e. The molecular weight excluding hydrogens is 483 g/mol. The molecule has 180 valence electrons. The van der Waals surface area contributed by atoms with Crippen LogP contribution in [0.4, 0.5) is 16.0 Å². The molecule has 0 bridgehead atoms. The van der Waals surface area contributed by atoms with E-state index in [4.69, 9.17) is 27.3 Å². The number of hydrogen-bond acceptors (Lipinski definition) is 7. The summed E-state index contributed by atoms with van der Waals surface area (Å²) in [5, 5.41) is 4.67. The van der Waals surface area contributed by atoms with Crippen molar-refractivity contribution in [3.8, 4) is 0 Å². The molecule has 3 N–H and O–H groups in total. The van der Waals surface area contributed by atoms with E-state index in [1.165, 1.54) is 17.8 Å². The zero-order valence-electron chi connectivity index (χ0n) is 19.5. The monoisotopic (exact) mass is 508 g/mol. The molecule has 1 aliphatic heterocycles. The van der Waals surface area contributed by atoms with Crippen LogP contribution in [-0.2, 0) is 5.54 Å². The molecule has 9 heteroatoms. The first-order chi connectivity index (χ1) is 16.9. The largest absolute Gasteiger partial charge is 0.382 e. The molecule has 35 heavy (non-hydrogen) atoms. The number of nitrogens with two attached hydrogens (primary N) is 1. The summed E-state index contributed by atoms with van der Waals surface area (Å²) >= 11 is 7.72. The van der Waals surface area contributed by atoms with Crippen molar-refractivity contribution in [1.82, 2.24) is 20.3 Å². The molecule has 2 atom stereocenters. The van der Waals surface area contributed by atoms with E-state index in [9.17, 15) is 4.39 Å². The minimum atomic E-state index is -0.413. The van der Waals surface area contributed by atoms with Crippen LogP contribution >= 0.6 is 23.4 Å². The molecule has 0 saturated carbocycles. The van der Waals surface area contributed by atoms with Crippen molar-refractivity contribution in [2.45, 2.75) is 28.8 Å². The van der Waals surface area contributed by atoms with Gasteiger partial charge in [0.15, 0.2) is 0 Å². The van der Waals surface area contributed by atoms with Crippen molar-refractivity contribution in [3.05, 3.63) is 77.2 Å². The van der Waals surface area contributed by atoms with E-state index in [-0.39, 0.29) is 11.7 Å². The van der Waals surface area contributed by atoms with Crippen LogP contribution in [0.2, 0.25) is 5.02 Å². The van der Waals surface area contributed by atoms with E-state index in [0.29, 0.717) is 10.8 Å². The normalized spacial score (nSPS) is 20.3. The first-order valence-electron chi connectivity index (χ1n) is 11.5. The van der Waals surface area contributed by atoms with Gasteiger partial charge in [-0.15, -0.1) is 0 Å². The van der Waals surface area contributed by atoms with E-state index in [0.717, 1.165) is 51.8 Å². The number of pyridine rings is 3. The van der Waals surface area contributed by atoms with Gasteiger partial charge in [-0.1, -0.05) is 48.5 Å². The van der Waals surface area contributed by atoms with E-state index in [2.05, 4.69) is 22.1 Å². The molecule has 4 aromatic rings. The Morgan fingerprint density at radius 1 is 1.11 bits per heavy atom. The summed E-state index contributed by atoms with van der Waals surface area (Å²) in [6.07, 6.45) is 2.40. The molecule has 6 nitrogen and oxygen atoms in total. The molecule has 1 fully saturated rings. The highest BCUT2D eigenvalue weighted by Gasteiger charge is 2.42. The first-order valence-corrected chi connectivity index (χ1v) is 12.7. The molecule has 0 radical (unpaired) electrons. The van der Waals surface area contributed by atoms with E-state index in [1.807, 2.05) is 49.5 Å². The number of nitrogens with zero attached hydrogens (tertiary/aromatic N) is 4. The first kappa shape index (κ1) is 23.8.